The fraction of sp³-hybridized carbons (Fsp3) is 0.545. The van der Waals surface area contributed by atoms with Gasteiger partial charge in [-0.2, -0.15) is 5.26 Å². The third-order valence-corrected chi connectivity index (χ3v) is 6.51. The van der Waals surface area contributed by atoms with Crippen molar-refractivity contribution >= 4 is 35.2 Å². The highest BCUT2D eigenvalue weighted by atomic mass is 32.2. The number of nitrogens with zero attached hydrogens (tertiary/aromatic N) is 2. The highest BCUT2D eigenvalue weighted by Gasteiger charge is 2.40. The zero-order valence-electron chi connectivity index (χ0n) is 18.6. The predicted molar refractivity (Wildman–Crippen MR) is 122 cm³/mol. The first-order valence-corrected chi connectivity index (χ1v) is 11.5. The third kappa shape index (κ3) is 7.05. The van der Waals surface area contributed by atoms with Crippen molar-refractivity contribution in [3.8, 4) is 11.8 Å². The Morgan fingerprint density at radius 1 is 1.34 bits per heavy atom. The van der Waals surface area contributed by atoms with Crippen LogP contribution in [0.4, 0.5) is 5.69 Å². The number of carbonyl (C=O) groups is 3. The number of rotatable bonds is 12. The number of esters is 1. The number of thioether (sulfide) groups is 1. The van der Waals surface area contributed by atoms with E-state index in [9.17, 15) is 19.6 Å². The summed E-state index contributed by atoms with van der Waals surface area (Å²) in [6, 6.07) is 9.26. The molecule has 3 atom stereocenters. The number of anilines is 1. The molecule has 10 heteroatoms. The van der Waals surface area contributed by atoms with Gasteiger partial charge >= 0.3 is 5.97 Å². The molecule has 2 N–H and O–H groups in total. The molecule has 0 spiro atoms. The average Bonchev–Trinajstić information content (AvgIpc) is 3.10. The van der Waals surface area contributed by atoms with Gasteiger partial charge in [0.1, 0.15) is 11.7 Å². The molecule has 1 heterocycles. The molecule has 0 radical (unpaired) electrons. The van der Waals surface area contributed by atoms with Crippen LogP contribution in [0.2, 0.25) is 0 Å². The summed E-state index contributed by atoms with van der Waals surface area (Å²) in [5.41, 5.74) is 0.812. The standard InChI is InChI=1S/C22H30N4O5S/c1-4-24-21(28)15(13-23)11-19-26(5-2)22(29)18(32-19)9-10-25-16-7-6-8-17(12-16)31-14-20(27)30-3/h6-8,12,15,18-19,25H,4-5,9-11,14H2,1-3H3,(H,24,28). The number of carbonyl (C=O) groups excluding carboxylic acids is 3. The lowest BCUT2D eigenvalue weighted by atomic mass is 10.1. The van der Waals surface area contributed by atoms with Gasteiger partial charge in [0.2, 0.25) is 11.8 Å². The Morgan fingerprint density at radius 3 is 2.78 bits per heavy atom. The summed E-state index contributed by atoms with van der Waals surface area (Å²) in [5, 5.41) is 14.9. The molecule has 1 saturated heterocycles. The molecule has 3 unspecified atom stereocenters. The van der Waals surface area contributed by atoms with E-state index in [0.29, 0.717) is 38.2 Å². The number of nitrogens with one attached hydrogen (secondary N) is 2. The summed E-state index contributed by atoms with van der Waals surface area (Å²) in [6.45, 7) is 5.11. The van der Waals surface area contributed by atoms with Crippen molar-refractivity contribution in [2.75, 3.05) is 38.7 Å². The van der Waals surface area contributed by atoms with Crippen molar-refractivity contribution in [2.45, 2.75) is 37.3 Å². The van der Waals surface area contributed by atoms with E-state index in [2.05, 4.69) is 21.4 Å². The lowest BCUT2D eigenvalue weighted by molar-refractivity contribution is -0.143. The Kier molecular flexibility index (Phi) is 10.1. The summed E-state index contributed by atoms with van der Waals surface area (Å²) < 4.78 is 9.94. The van der Waals surface area contributed by atoms with Crippen molar-refractivity contribution in [3.63, 3.8) is 0 Å². The minimum Gasteiger partial charge on any atom is -0.482 e. The van der Waals surface area contributed by atoms with E-state index in [-0.39, 0.29) is 29.0 Å². The zero-order chi connectivity index (χ0) is 23.5. The number of amides is 2. The van der Waals surface area contributed by atoms with Gasteiger partial charge in [0.15, 0.2) is 6.61 Å². The Hall–Kier alpha value is -2.93. The van der Waals surface area contributed by atoms with E-state index in [1.807, 2.05) is 26.0 Å². The summed E-state index contributed by atoms with van der Waals surface area (Å²) in [5.74, 6) is -0.956. The van der Waals surface area contributed by atoms with Crippen LogP contribution < -0.4 is 15.4 Å². The van der Waals surface area contributed by atoms with Crippen LogP contribution in [0.5, 0.6) is 5.75 Å². The van der Waals surface area contributed by atoms with Crippen LogP contribution in [0.1, 0.15) is 26.7 Å². The first-order valence-electron chi connectivity index (χ1n) is 10.6. The van der Waals surface area contributed by atoms with Crippen molar-refractivity contribution in [1.29, 1.82) is 5.26 Å². The van der Waals surface area contributed by atoms with Gasteiger partial charge in [-0.15, -0.1) is 11.8 Å². The lowest BCUT2D eigenvalue weighted by Gasteiger charge is -2.23. The van der Waals surface area contributed by atoms with Gasteiger partial charge in [0, 0.05) is 37.8 Å². The Morgan fingerprint density at radius 2 is 2.12 bits per heavy atom. The molecule has 32 heavy (non-hydrogen) atoms. The topological polar surface area (TPSA) is 121 Å². The van der Waals surface area contributed by atoms with Crippen LogP contribution in [0.15, 0.2) is 24.3 Å². The predicted octanol–water partition coefficient (Wildman–Crippen LogP) is 2.00. The Balaban J connectivity index is 1.89. The molecule has 1 fully saturated rings. The number of hydrogen-bond acceptors (Lipinski definition) is 8. The molecule has 1 aromatic rings. The highest BCUT2D eigenvalue weighted by Crippen LogP contribution is 2.37. The van der Waals surface area contributed by atoms with Crippen LogP contribution in [0.25, 0.3) is 0 Å². The largest absolute Gasteiger partial charge is 0.482 e. The molecule has 9 nitrogen and oxygen atoms in total. The SMILES string of the molecule is CCNC(=O)C(C#N)CC1SC(CCNc2cccc(OCC(=O)OC)c2)C(=O)N1CC. The minimum absolute atomic E-state index is 0.0343. The molecular weight excluding hydrogens is 432 g/mol. The summed E-state index contributed by atoms with van der Waals surface area (Å²) in [6.07, 6.45) is 0.915. The van der Waals surface area contributed by atoms with Crippen LogP contribution >= 0.6 is 11.8 Å². The van der Waals surface area contributed by atoms with Gasteiger partial charge in [0.25, 0.3) is 0 Å². The molecule has 1 aliphatic heterocycles. The first-order chi connectivity index (χ1) is 15.4. The molecule has 174 valence electrons. The van der Waals surface area contributed by atoms with E-state index < -0.39 is 11.9 Å². The molecule has 0 bridgehead atoms. The highest BCUT2D eigenvalue weighted by molar-refractivity contribution is 8.01. The van der Waals surface area contributed by atoms with Gasteiger partial charge in [-0.25, -0.2) is 4.79 Å². The van der Waals surface area contributed by atoms with E-state index in [0.717, 1.165) is 5.69 Å². The molecule has 0 saturated carbocycles. The zero-order valence-corrected chi connectivity index (χ0v) is 19.4. The molecule has 1 aliphatic rings. The quantitative estimate of drug-likeness (QED) is 0.453. The van der Waals surface area contributed by atoms with Gasteiger partial charge in [0.05, 0.1) is 23.8 Å². The van der Waals surface area contributed by atoms with Gasteiger partial charge in [-0.3, -0.25) is 9.59 Å². The van der Waals surface area contributed by atoms with Gasteiger partial charge < -0.3 is 25.0 Å². The second-order valence-corrected chi connectivity index (χ2v) is 8.51. The fourth-order valence-electron chi connectivity index (χ4n) is 3.34. The van der Waals surface area contributed by atoms with Crippen molar-refractivity contribution in [2.24, 2.45) is 5.92 Å². The number of benzene rings is 1. The van der Waals surface area contributed by atoms with Crippen LogP contribution in [0.3, 0.4) is 0 Å². The Labute approximate surface area is 192 Å². The van der Waals surface area contributed by atoms with E-state index >= 15 is 0 Å². The average molecular weight is 463 g/mol. The molecular formula is C22H30N4O5S. The minimum atomic E-state index is -0.779. The smallest absolute Gasteiger partial charge is 0.343 e. The maximum Gasteiger partial charge on any atom is 0.343 e. The summed E-state index contributed by atoms with van der Waals surface area (Å²) in [7, 11) is 1.30. The molecule has 0 aromatic heterocycles. The second kappa shape index (κ2) is 12.8. The summed E-state index contributed by atoms with van der Waals surface area (Å²) >= 11 is 1.51. The second-order valence-electron chi connectivity index (χ2n) is 7.12. The molecule has 1 aromatic carbocycles. The fourth-order valence-corrected chi connectivity index (χ4v) is 4.93. The first kappa shape index (κ1) is 25.3. The van der Waals surface area contributed by atoms with Gasteiger partial charge in [-0.05, 0) is 32.4 Å². The lowest BCUT2D eigenvalue weighted by Crippen LogP contribution is -2.38. The van der Waals surface area contributed by atoms with Crippen molar-refractivity contribution in [1.82, 2.24) is 10.2 Å². The van der Waals surface area contributed by atoms with Crippen LogP contribution in [-0.2, 0) is 19.1 Å². The maximum absolute atomic E-state index is 12.8. The number of methoxy groups -OCH3 is 1. The molecule has 2 amide bonds. The monoisotopic (exact) mass is 462 g/mol. The molecule has 2 rings (SSSR count). The van der Waals surface area contributed by atoms with Crippen LogP contribution in [-0.4, -0.2) is 66.7 Å². The van der Waals surface area contributed by atoms with Crippen LogP contribution in [0, 0.1) is 17.2 Å². The van der Waals surface area contributed by atoms with E-state index in [1.165, 1.54) is 18.9 Å². The number of ether oxygens (including phenoxy) is 2. The number of hydrogen-bond donors (Lipinski definition) is 2. The van der Waals surface area contributed by atoms with E-state index in [4.69, 9.17) is 4.74 Å². The third-order valence-electron chi connectivity index (χ3n) is 4.98. The molecule has 0 aliphatic carbocycles. The summed E-state index contributed by atoms with van der Waals surface area (Å²) in [4.78, 5) is 37.9. The Bertz CT molecular complexity index is 844. The number of nitriles is 1. The maximum atomic E-state index is 12.8. The van der Waals surface area contributed by atoms with Gasteiger partial charge in [-0.1, -0.05) is 6.07 Å². The van der Waals surface area contributed by atoms with E-state index in [1.54, 1.807) is 17.0 Å². The van der Waals surface area contributed by atoms with Crippen molar-refractivity contribution in [3.05, 3.63) is 24.3 Å². The van der Waals surface area contributed by atoms with Crippen molar-refractivity contribution < 1.29 is 23.9 Å². The normalized spacial score (nSPS) is 18.6.